The third-order valence-corrected chi connectivity index (χ3v) is 8.13. The van der Waals surface area contributed by atoms with Gasteiger partial charge in [0.1, 0.15) is 6.10 Å². The Morgan fingerprint density at radius 2 is 1.88 bits per heavy atom. The van der Waals surface area contributed by atoms with Crippen molar-refractivity contribution in [1.29, 1.82) is 0 Å². The van der Waals surface area contributed by atoms with E-state index >= 15 is 0 Å². The highest BCUT2D eigenvalue weighted by molar-refractivity contribution is 6.74. The van der Waals surface area contributed by atoms with Gasteiger partial charge in [-0.3, -0.25) is 0 Å². The van der Waals surface area contributed by atoms with Crippen molar-refractivity contribution in [3.8, 4) is 0 Å². The van der Waals surface area contributed by atoms with Gasteiger partial charge in [0.15, 0.2) is 20.5 Å². The lowest BCUT2D eigenvalue weighted by molar-refractivity contribution is -0.148. The zero-order valence-corrected chi connectivity index (χ0v) is 12.1. The molecule has 0 amide bonds. The molecule has 2 N–H and O–H groups in total. The fourth-order valence-electron chi connectivity index (χ4n) is 1.27. The van der Waals surface area contributed by atoms with Gasteiger partial charge >= 0.3 is 5.97 Å². The van der Waals surface area contributed by atoms with Gasteiger partial charge in [0, 0.05) is 0 Å². The molecule has 0 aromatic heterocycles. The lowest BCUT2D eigenvalue weighted by Gasteiger charge is -2.36. The molecule has 0 bridgehead atoms. The maximum atomic E-state index is 11.0. The molecule has 1 aliphatic rings. The fourth-order valence-corrected chi connectivity index (χ4v) is 2.28. The summed E-state index contributed by atoms with van der Waals surface area (Å²) in [7, 11) is -1.93. The lowest BCUT2D eigenvalue weighted by Crippen LogP contribution is -2.44. The topological polar surface area (TPSA) is 76.0 Å². The number of ether oxygens (including phenoxy) is 1. The Balaban J connectivity index is 2.55. The van der Waals surface area contributed by atoms with Crippen LogP contribution in [-0.2, 0) is 14.0 Å². The number of aliphatic hydroxyl groups is 2. The Kier molecular flexibility index (Phi) is 4.03. The van der Waals surface area contributed by atoms with E-state index in [-0.39, 0.29) is 11.6 Å². The number of rotatable bonds is 3. The first-order chi connectivity index (χ1) is 7.56. The van der Waals surface area contributed by atoms with Crippen LogP contribution in [-0.4, -0.2) is 49.4 Å². The van der Waals surface area contributed by atoms with E-state index in [2.05, 4.69) is 33.9 Å². The molecule has 100 valence electrons. The minimum absolute atomic E-state index is 0.0547. The van der Waals surface area contributed by atoms with Crippen molar-refractivity contribution in [3.05, 3.63) is 0 Å². The minimum Gasteiger partial charge on any atom is -0.455 e. The summed E-state index contributed by atoms with van der Waals surface area (Å²) in [5, 5.41) is 18.9. The summed E-state index contributed by atoms with van der Waals surface area (Å²) >= 11 is 0. The van der Waals surface area contributed by atoms with Crippen LogP contribution < -0.4 is 0 Å². The maximum absolute atomic E-state index is 11.0. The Hall–Kier alpha value is -0.433. The average Bonchev–Trinajstić information content (AvgIpc) is 2.41. The molecule has 1 fully saturated rings. The number of hydrogen-bond donors (Lipinski definition) is 2. The molecule has 0 spiro atoms. The molecule has 0 radical (unpaired) electrons. The maximum Gasteiger partial charge on any atom is 0.338 e. The van der Waals surface area contributed by atoms with Crippen molar-refractivity contribution < 1.29 is 24.2 Å². The van der Waals surface area contributed by atoms with E-state index in [9.17, 15) is 15.0 Å². The Labute approximate surface area is 103 Å². The van der Waals surface area contributed by atoms with E-state index in [1.165, 1.54) is 0 Å². The molecule has 0 aromatic carbocycles. The fraction of sp³-hybridized carbons (Fsp3) is 0.909. The highest BCUT2D eigenvalue weighted by atomic mass is 28.4. The van der Waals surface area contributed by atoms with Crippen LogP contribution in [0.2, 0.25) is 18.1 Å². The number of carbonyl (C=O) groups is 1. The molecule has 0 aromatic rings. The number of aliphatic hydroxyl groups excluding tert-OH is 2. The first kappa shape index (κ1) is 14.6. The molecule has 3 atom stereocenters. The third kappa shape index (κ3) is 3.07. The molecule has 17 heavy (non-hydrogen) atoms. The van der Waals surface area contributed by atoms with E-state index in [4.69, 9.17) is 9.16 Å². The number of esters is 1. The second-order valence-corrected chi connectivity index (χ2v) is 10.8. The molecule has 1 aliphatic heterocycles. The molecule has 5 nitrogen and oxygen atoms in total. The SMILES string of the molecule is CC(C)(C)[Si](C)(C)OC[C@@H]1OC(=O)[C@@H](O)[C@H]1O. The van der Waals surface area contributed by atoms with Gasteiger partial charge in [0.05, 0.1) is 6.61 Å². The highest BCUT2D eigenvalue weighted by Gasteiger charge is 2.45. The Morgan fingerprint density at radius 3 is 2.24 bits per heavy atom. The standard InChI is InChI=1S/C11H22O5Si/c1-11(2,3)17(4,5)15-6-7-8(12)9(13)10(14)16-7/h7-9,12-13H,6H2,1-5H3/t7-,8-,9-/m0/s1. The van der Waals surface area contributed by atoms with E-state index in [1.807, 2.05) is 0 Å². The van der Waals surface area contributed by atoms with Gasteiger partial charge in [0.25, 0.3) is 0 Å². The van der Waals surface area contributed by atoms with Crippen LogP contribution in [0.15, 0.2) is 0 Å². The van der Waals surface area contributed by atoms with Gasteiger partial charge in [-0.05, 0) is 18.1 Å². The summed E-state index contributed by atoms with van der Waals surface area (Å²) in [5.41, 5.74) is 0. The largest absolute Gasteiger partial charge is 0.455 e. The highest BCUT2D eigenvalue weighted by Crippen LogP contribution is 2.36. The van der Waals surface area contributed by atoms with Crippen LogP contribution in [0.25, 0.3) is 0 Å². The molecule has 1 saturated heterocycles. The minimum atomic E-state index is -1.93. The van der Waals surface area contributed by atoms with E-state index in [1.54, 1.807) is 0 Å². The Bertz CT molecular complexity index is 297. The Morgan fingerprint density at radius 1 is 1.35 bits per heavy atom. The molecule has 6 heteroatoms. The van der Waals surface area contributed by atoms with Gasteiger partial charge < -0.3 is 19.4 Å². The number of cyclic esters (lactones) is 1. The summed E-state index contributed by atoms with van der Waals surface area (Å²) in [6.07, 6.45) is -3.39. The zero-order chi connectivity index (χ0) is 13.4. The first-order valence-electron chi connectivity index (χ1n) is 5.77. The summed E-state index contributed by atoms with van der Waals surface area (Å²) in [5.74, 6) is -0.777. The molecule has 0 aliphatic carbocycles. The van der Waals surface area contributed by atoms with Crippen molar-refractivity contribution in [1.82, 2.24) is 0 Å². The molecule has 1 heterocycles. The predicted octanol–water partition coefficient (Wildman–Crippen LogP) is 0.655. The van der Waals surface area contributed by atoms with Crippen LogP contribution >= 0.6 is 0 Å². The van der Waals surface area contributed by atoms with Crippen LogP contribution in [0, 0.1) is 0 Å². The summed E-state index contributed by atoms with van der Waals surface area (Å²) in [4.78, 5) is 11.0. The zero-order valence-electron chi connectivity index (χ0n) is 11.1. The first-order valence-corrected chi connectivity index (χ1v) is 8.67. The molecular formula is C11H22O5Si. The van der Waals surface area contributed by atoms with Crippen molar-refractivity contribution in [2.24, 2.45) is 0 Å². The van der Waals surface area contributed by atoms with E-state index < -0.39 is 32.6 Å². The van der Waals surface area contributed by atoms with Crippen molar-refractivity contribution in [2.75, 3.05) is 6.61 Å². The predicted molar refractivity (Wildman–Crippen MR) is 65.0 cm³/mol. The smallest absolute Gasteiger partial charge is 0.338 e. The van der Waals surface area contributed by atoms with Crippen LogP contribution in [0.1, 0.15) is 20.8 Å². The second kappa shape index (κ2) is 4.68. The molecular weight excluding hydrogens is 240 g/mol. The summed E-state index contributed by atoms with van der Waals surface area (Å²) < 4.78 is 10.7. The van der Waals surface area contributed by atoms with Gasteiger partial charge in [0.2, 0.25) is 0 Å². The van der Waals surface area contributed by atoms with Gasteiger partial charge in [-0.25, -0.2) is 4.79 Å². The summed E-state index contributed by atoms with van der Waals surface area (Å²) in [6.45, 7) is 10.6. The average molecular weight is 262 g/mol. The van der Waals surface area contributed by atoms with Crippen LogP contribution in [0.5, 0.6) is 0 Å². The van der Waals surface area contributed by atoms with Crippen molar-refractivity contribution in [2.45, 2.75) is 57.2 Å². The number of hydrogen-bond acceptors (Lipinski definition) is 5. The third-order valence-electron chi connectivity index (χ3n) is 3.63. The quantitative estimate of drug-likeness (QED) is 0.577. The lowest BCUT2D eigenvalue weighted by atomic mass is 10.1. The van der Waals surface area contributed by atoms with Crippen molar-refractivity contribution >= 4 is 14.3 Å². The van der Waals surface area contributed by atoms with Crippen LogP contribution in [0.4, 0.5) is 0 Å². The van der Waals surface area contributed by atoms with Gasteiger partial charge in [-0.1, -0.05) is 20.8 Å². The molecule has 0 saturated carbocycles. The molecule has 1 rings (SSSR count). The van der Waals surface area contributed by atoms with Crippen LogP contribution in [0.3, 0.4) is 0 Å². The number of carbonyl (C=O) groups excluding carboxylic acids is 1. The summed E-state index contributed by atoms with van der Waals surface area (Å²) in [6, 6.07) is 0. The van der Waals surface area contributed by atoms with Crippen molar-refractivity contribution in [3.63, 3.8) is 0 Å². The molecule has 0 unspecified atom stereocenters. The normalized spacial score (nSPS) is 30.5. The van der Waals surface area contributed by atoms with Gasteiger partial charge in [-0.15, -0.1) is 0 Å². The van der Waals surface area contributed by atoms with Gasteiger partial charge in [-0.2, -0.15) is 0 Å². The van der Waals surface area contributed by atoms with E-state index in [0.717, 1.165) is 0 Å². The monoisotopic (exact) mass is 262 g/mol. The second-order valence-electron chi connectivity index (χ2n) is 5.98. The van der Waals surface area contributed by atoms with E-state index in [0.29, 0.717) is 0 Å².